The summed E-state index contributed by atoms with van der Waals surface area (Å²) in [6, 6.07) is 3.79. The van der Waals surface area contributed by atoms with E-state index in [1.54, 1.807) is 0 Å². The fourth-order valence-corrected chi connectivity index (χ4v) is 2.82. The van der Waals surface area contributed by atoms with Crippen LogP contribution in [0.5, 0.6) is 5.75 Å². The lowest BCUT2D eigenvalue weighted by molar-refractivity contribution is -0.128. The van der Waals surface area contributed by atoms with Crippen LogP contribution in [0.15, 0.2) is 12.1 Å². The molecule has 0 heterocycles. The molecule has 1 aromatic carbocycles. The molecule has 0 radical (unpaired) electrons. The van der Waals surface area contributed by atoms with E-state index in [0.29, 0.717) is 12.3 Å². The number of amides is 1. The van der Waals surface area contributed by atoms with E-state index in [4.69, 9.17) is 4.74 Å². The Balaban J connectivity index is 1.75. The van der Waals surface area contributed by atoms with E-state index in [-0.39, 0.29) is 18.6 Å². The molecule has 0 unspecified atom stereocenters. The van der Waals surface area contributed by atoms with Gasteiger partial charge in [0.15, 0.2) is 0 Å². The molecular weight excluding hydrogens is 266 g/mol. The van der Waals surface area contributed by atoms with Crippen molar-refractivity contribution in [3.63, 3.8) is 0 Å². The zero-order chi connectivity index (χ0) is 15.2. The van der Waals surface area contributed by atoms with E-state index in [1.165, 1.54) is 19.3 Å². The molecule has 1 aliphatic rings. The number of phenolic OH excluding ortho intramolecular Hbond substituents is 1. The summed E-state index contributed by atoms with van der Waals surface area (Å²) < 4.78 is 5.65. The fourth-order valence-electron chi connectivity index (χ4n) is 2.82. The summed E-state index contributed by atoms with van der Waals surface area (Å²) in [5.74, 6) is 0.245. The highest BCUT2D eigenvalue weighted by molar-refractivity contribution is 5.77. The number of phenols is 1. The Morgan fingerprint density at radius 2 is 1.86 bits per heavy atom. The van der Waals surface area contributed by atoms with Crippen LogP contribution in [0.25, 0.3) is 0 Å². The average Bonchev–Trinajstić information content (AvgIpc) is 2.49. The van der Waals surface area contributed by atoms with Crippen LogP contribution in [0.4, 0.5) is 0 Å². The van der Waals surface area contributed by atoms with Gasteiger partial charge in [-0.25, -0.2) is 0 Å². The number of carbonyl (C=O) groups excluding carboxylic acids is 1. The number of hydrogen-bond donors (Lipinski definition) is 2. The molecule has 0 spiro atoms. The van der Waals surface area contributed by atoms with E-state index in [0.717, 1.165) is 29.5 Å². The van der Waals surface area contributed by atoms with Crippen LogP contribution in [0, 0.1) is 13.8 Å². The molecule has 4 nitrogen and oxygen atoms in total. The minimum atomic E-state index is -0.0797. The average molecular weight is 291 g/mol. The second kappa shape index (κ2) is 7.46. The predicted molar refractivity (Wildman–Crippen MR) is 82.3 cm³/mol. The monoisotopic (exact) mass is 291 g/mol. The van der Waals surface area contributed by atoms with Crippen molar-refractivity contribution < 1.29 is 14.6 Å². The number of aromatic hydroxyl groups is 1. The number of nitrogens with one attached hydrogen (secondary N) is 1. The van der Waals surface area contributed by atoms with Gasteiger partial charge in [0.2, 0.25) is 5.91 Å². The number of rotatable bonds is 5. The van der Waals surface area contributed by atoms with Gasteiger partial charge in [0.05, 0.1) is 6.10 Å². The molecule has 0 atom stereocenters. The van der Waals surface area contributed by atoms with Crippen molar-refractivity contribution in [3.8, 4) is 5.75 Å². The predicted octanol–water partition coefficient (Wildman–Crippen LogP) is 2.97. The van der Waals surface area contributed by atoms with Crippen molar-refractivity contribution in [2.75, 3.05) is 6.61 Å². The van der Waals surface area contributed by atoms with Crippen molar-refractivity contribution >= 4 is 5.91 Å². The molecule has 2 rings (SSSR count). The van der Waals surface area contributed by atoms with Gasteiger partial charge in [0, 0.05) is 6.54 Å². The van der Waals surface area contributed by atoms with Crippen LogP contribution in [0.1, 0.15) is 48.8 Å². The molecule has 2 N–H and O–H groups in total. The lowest BCUT2D eigenvalue weighted by Gasteiger charge is -2.21. The number of aryl methyl sites for hydroxylation is 2. The minimum absolute atomic E-state index is 0.0797. The molecule has 0 bridgehead atoms. The molecule has 1 aliphatic carbocycles. The van der Waals surface area contributed by atoms with Gasteiger partial charge in [0.25, 0.3) is 0 Å². The molecule has 1 saturated carbocycles. The van der Waals surface area contributed by atoms with Crippen LogP contribution in [-0.2, 0) is 16.1 Å². The third kappa shape index (κ3) is 4.74. The molecule has 1 fully saturated rings. The minimum Gasteiger partial charge on any atom is -0.507 e. The van der Waals surface area contributed by atoms with Gasteiger partial charge in [0.1, 0.15) is 12.4 Å². The maximum atomic E-state index is 11.8. The van der Waals surface area contributed by atoms with Crippen molar-refractivity contribution in [3.05, 3.63) is 28.8 Å². The number of carbonyl (C=O) groups is 1. The van der Waals surface area contributed by atoms with Gasteiger partial charge in [-0.05, 0) is 43.4 Å². The quantitative estimate of drug-likeness (QED) is 0.877. The van der Waals surface area contributed by atoms with E-state index in [1.807, 2.05) is 26.0 Å². The summed E-state index contributed by atoms with van der Waals surface area (Å²) in [5, 5.41) is 12.6. The molecule has 1 aromatic rings. The first-order valence-electron chi connectivity index (χ1n) is 7.73. The third-order valence-corrected chi connectivity index (χ3v) is 4.04. The Hall–Kier alpha value is -1.55. The van der Waals surface area contributed by atoms with Crippen molar-refractivity contribution in [1.82, 2.24) is 5.32 Å². The molecule has 116 valence electrons. The summed E-state index contributed by atoms with van der Waals surface area (Å²) in [6.07, 6.45) is 6.10. The zero-order valence-corrected chi connectivity index (χ0v) is 12.9. The van der Waals surface area contributed by atoms with E-state index >= 15 is 0 Å². The second-order valence-corrected chi connectivity index (χ2v) is 5.93. The summed E-state index contributed by atoms with van der Waals surface area (Å²) in [5.41, 5.74) is 2.66. The van der Waals surface area contributed by atoms with Gasteiger partial charge >= 0.3 is 0 Å². The number of ether oxygens (including phenoxy) is 1. The molecular formula is C17H25NO3. The maximum absolute atomic E-state index is 11.8. The van der Waals surface area contributed by atoms with Crippen molar-refractivity contribution in [2.24, 2.45) is 0 Å². The Labute approximate surface area is 126 Å². The van der Waals surface area contributed by atoms with Crippen LogP contribution in [0.3, 0.4) is 0 Å². The summed E-state index contributed by atoms with van der Waals surface area (Å²) in [7, 11) is 0. The number of benzene rings is 1. The lowest BCUT2D eigenvalue weighted by Crippen LogP contribution is -2.30. The highest BCUT2D eigenvalue weighted by Gasteiger charge is 2.15. The molecule has 21 heavy (non-hydrogen) atoms. The summed E-state index contributed by atoms with van der Waals surface area (Å²) in [6.45, 7) is 4.33. The third-order valence-electron chi connectivity index (χ3n) is 4.04. The first kappa shape index (κ1) is 15.8. The molecule has 0 aromatic heterocycles. The zero-order valence-electron chi connectivity index (χ0n) is 12.9. The number of hydrogen-bond acceptors (Lipinski definition) is 3. The van der Waals surface area contributed by atoms with Gasteiger partial charge in [-0.15, -0.1) is 0 Å². The Morgan fingerprint density at radius 1 is 1.24 bits per heavy atom. The first-order valence-corrected chi connectivity index (χ1v) is 7.73. The van der Waals surface area contributed by atoms with Crippen LogP contribution in [0.2, 0.25) is 0 Å². The highest BCUT2D eigenvalue weighted by atomic mass is 16.5. The standard InChI is InChI=1S/C17H25NO3/c1-12-8-14(9-13(2)17(12)20)10-18-16(19)11-21-15-6-4-3-5-7-15/h8-9,15,20H,3-7,10-11H2,1-2H3,(H,18,19). The summed E-state index contributed by atoms with van der Waals surface area (Å²) in [4.78, 5) is 11.8. The van der Waals surface area contributed by atoms with Crippen LogP contribution >= 0.6 is 0 Å². The van der Waals surface area contributed by atoms with E-state index in [9.17, 15) is 9.90 Å². The Kier molecular flexibility index (Phi) is 5.62. The van der Waals surface area contributed by atoms with Gasteiger partial charge in [-0.2, -0.15) is 0 Å². The van der Waals surface area contributed by atoms with Gasteiger partial charge in [-0.3, -0.25) is 4.79 Å². The fraction of sp³-hybridized carbons (Fsp3) is 0.588. The van der Waals surface area contributed by atoms with Crippen LogP contribution in [-0.4, -0.2) is 23.7 Å². The van der Waals surface area contributed by atoms with Gasteiger partial charge < -0.3 is 15.2 Å². The summed E-state index contributed by atoms with van der Waals surface area (Å²) >= 11 is 0. The maximum Gasteiger partial charge on any atom is 0.246 e. The SMILES string of the molecule is Cc1cc(CNC(=O)COC2CCCCC2)cc(C)c1O. The van der Waals surface area contributed by atoms with E-state index in [2.05, 4.69) is 5.32 Å². The Bertz CT molecular complexity index is 470. The second-order valence-electron chi connectivity index (χ2n) is 5.93. The molecule has 0 saturated heterocycles. The highest BCUT2D eigenvalue weighted by Crippen LogP contribution is 2.23. The lowest BCUT2D eigenvalue weighted by atomic mass is 9.98. The van der Waals surface area contributed by atoms with Gasteiger partial charge in [-0.1, -0.05) is 31.4 Å². The normalized spacial score (nSPS) is 15.9. The largest absolute Gasteiger partial charge is 0.507 e. The van der Waals surface area contributed by atoms with E-state index < -0.39 is 0 Å². The molecule has 1 amide bonds. The Morgan fingerprint density at radius 3 is 2.48 bits per heavy atom. The smallest absolute Gasteiger partial charge is 0.246 e. The topological polar surface area (TPSA) is 58.6 Å². The molecule has 4 heteroatoms. The van der Waals surface area contributed by atoms with Crippen molar-refractivity contribution in [1.29, 1.82) is 0 Å². The van der Waals surface area contributed by atoms with Crippen molar-refractivity contribution in [2.45, 2.75) is 58.6 Å². The van der Waals surface area contributed by atoms with Crippen LogP contribution < -0.4 is 5.32 Å². The molecule has 0 aliphatic heterocycles. The first-order chi connectivity index (χ1) is 10.1.